The minimum absolute atomic E-state index is 0.0875. The van der Waals surface area contributed by atoms with E-state index in [-0.39, 0.29) is 19.1 Å². The highest BCUT2D eigenvalue weighted by Gasteiger charge is 2.33. The van der Waals surface area contributed by atoms with Crippen LogP contribution in [-0.4, -0.2) is 24.2 Å². The van der Waals surface area contributed by atoms with Gasteiger partial charge in [-0.3, -0.25) is 4.79 Å². The third-order valence-electron chi connectivity index (χ3n) is 4.56. The van der Waals surface area contributed by atoms with Gasteiger partial charge in [-0.15, -0.1) is 11.3 Å². The molecule has 0 aliphatic carbocycles. The van der Waals surface area contributed by atoms with Crippen LogP contribution in [0.1, 0.15) is 10.4 Å². The highest BCUT2D eigenvalue weighted by Crippen LogP contribution is 2.33. The van der Waals surface area contributed by atoms with Crippen LogP contribution >= 0.6 is 22.7 Å². The molecule has 4 aromatic rings. The van der Waals surface area contributed by atoms with Crippen molar-refractivity contribution in [3.8, 4) is 5.75 Å². The van der Waals surface area contributed by atoms with Gasteiger partial charge < -0.3 is 15.2 Å². The van der Waals surface area contributed by atoms with E-state index in [9.17, 15) is 9.90 Å². The second kappa shape index (κ2) is 8.14. The van der Waals surface area contributed by atoms with Crippen molar-refractivity contribution in [3.05, 3.63) is 87.2 Å². The first-order valence-electron chi connectivity index (χ1n) is 8.82. The van der Waals surface area contributed by atoms with Gasteiger partial charge in [0, 0.05) is 10.4 Å². The Bertz CT molecular complexity index is 1020. The average molecular weight is 410 g/mol. The Hall–Kier alpha value is -2.67. The minimum atomic E-state index is -1.24. The Kier molecular flexibility index (Phi) is 5.43. The number of aliphatic hydroxyl groups is 1. The van der Waals surface area contributed by atoms with Crippen molar-refractivity contribution in [2.75, 3.05) is 13.2 Å². The van der Waals surface area contributed by atoms with Crippen LogP contribution in [0, 0.1) is 0 Å². The topological polar surface area (TPSA) is 58.6 Å². The molecule has 2 aromatic heterocycles. The number of amides is 1. The molecule has 0 saturated carbocycles. The Morgan fingerprint density at radius 1 is 1.04 bits per heavy atom. The first-order valence-corrected chi connectivity index (χ1v) is 10.6. The van der Waals surface area contributed by atoms with E-state index in [0.29, 0.717) is 5.75 Å². The summed E-state index contributed by atoms with van der Waals surface area (Å²) in [5.41, 5.74) is -0.469. The molecule has 2 heterocycles. The molecule has 1 amide bonds. The molecular weight excluding hydrogens is 390 g/mol. The molecule has 1 atom stereocenters. The molecule has 0 aliphatic rings. The summed E-state index contributed by atoms with van der Waals surface area (Å²) in [6.07, 6.45) is 0. The van der Waals surface area contributed by atoms with E-state index in [1.54, 1.807) is 0 Å². The number of benzene rings is 2. The second-order valence-electron chi connectivity index (χ2n) is 6.42. The summed E-state index contributed by atoms with van der Waals surface area (Å²) < 4.78 is 5.63. The summed E-state index contributed by atoms with van der Waals surface area (Å²) in [6, 6.07) is 19.4. The van der Waals surface area contributed by atoms with E-state index in [2.05, 4.69) is 5.32 Å². The Balaban J connectivity index is 1.40. The fourth-order valence-corrected chi connectivity index (χ4v) is 4.60. The Labute approximate surface area is 171 Å². The van der Waals surface area contributed by atoms with Gasteiger partial charge in [-0.05, 0) is 51.2 Å². The van der Waals surface area contributed by atoms with E-state index >= 15 is 0 Å². The number of carbonyl (C=O) groups is 1. The summed E-state index contributed by atoms with van der Waals surface area (Å²) in [5.74, 6) is 0.360. The van der Waals surface area contributed by atoms with E-state index in [0.717, 1.165) is 21.2 Å². The minimum Gasteiger partial charge on any atom is -0.484 e. The SMILES string of the molecule is O=C(COc1ccc2ccccc2c1)NCC(O)(c1ccsc1)c1cccs1. The number of fused-ring (bicyclic) bond motifs is 1. The average Bonchev–Trinajstić information content (AvgIpc) is 3.45. The molecule has 0 aliphatic heterocycles. The molecule has 0 fully saturated rings. The summed E-state index contributed by atoms with van der Waals surface area (Å²) in [4.78, 5) is 13.1. The van der Waals surface area contributed by atoms with Crippen molar-refractivity contribution in [2.24, 2.45) is 0 Å². The summed E-state index contributed by atoms with van der Waals surface area (Å²) in [7, 11) is 0. The first-order chi connectivity index (χ1) is 13.6. The third-order valence-corrected chi connectivity index (χ3v) is 6.26. The van der Waals surface area contributed by atoms with E-state index in [4.69, 9.17) is 4.74 Å². The van der Waals surface area contributed by atoms with Crippen molar-refractivity contribution < 1.29 is 14.6 Å². The van der Waals surface area contributed by atoms with Gasteiger partial charge in [-0.25, -0.2) is 0 Å². The molecule has 0 spiro atoms. The van der Waals surface area contributed by atoms with Crippen LogP contribution in [0.15, 0.2) is 76.8 Å². The zero-order chi connectivity index (χ0) is 19.4. The third kappa shape index (κ3) is 3.94. The van der Waals surface area contributed by atoms with Crippen molar-refractivity contribution in [2.45, 2.75) is 5.60 Å². The van der Waals surface area contributed by atoms with Crippen LogP contribution in [0.25, 0.3) is 10.8 Å². The van der Waals surface area contributed by atoms with Crippen LogP contribution < -0.4 is 10.1 Å². The number of carbonyl (C=O) groups excluding carboxylic acids is 1. The van der Waals surface area contributed by atoms with Crippen LogP contribution in [0.3, 0.4) is 0 Å². The monoisotopic (exact) mass is 409 g/mol. The number of nitrogens with one attached hydrogen (secondary N) is 1. The molecule has 28 heavy (non-hydrogen) atoms. The molecule has 0 saturated heterocycles. The van der Waals surface area contributed by atoms with E-state index in [1.807, 2.05) is 76.8 Å². The highest BCUT2D eigenvalue weighted by molar-refractivity contribution is 7.10. The molecular formula is C22H19NO3S2. The van der Waals surface area contributed by atoms with E-state index in [1.165, 1.54) is 22.7 Å². The van der Waals surface area contributed by atoms with Gasteiger partial charge in [0.25, 0.3) is 5.91 Å². The number of hydrogen-bond acceptors (Lipinski definition) is 5. The number of ether oxygens (including phenoxy) is 1. The molecule has 6 heteroatoms. The maximum absolute atomic E-state index is 12.3. The lowest BCUT2D eigenvalue weighted by Gasteiger charge is -2.27. The maximum Gasteiger partial charge on any atom is 0.258 e. The Morgan fingerprint density at radius 2 is 1.89 bits per heavy atom. The van der Waals surface area contributed by atoms with Crippen molar-refractivity contribution in [1.82, 2.24) is 5.32 Å². The molecule has 1 unspecified atom stereocenters. The standard InChI is InChI=1S/C22H19NO3S2/c24-21(13-26-19-8-7-16-4-1-2-5-17(16)12-19)23-15-22(25,18-9-11-27-14-18)20-6-3-10-28-20/h1-12,14,25H,13,15H2,(H,23,24). The number of rotatable bonds is 7. The molecule has 4 nitrogen and oxygen atoms in total. The molecule has 142 valence electrons. The van der Waals surface area contributed by atoms with Gasteiger partial charge in [0.1, 0.15) is 11.4 Å². The lowest BCUT2D eigenvalue weighted by atomic mass is 9.94. The smallest absolute Gasteiger partial charge is 0.258 e. The maximum atomic E-state index is 12.3. The van der Waals surface area contributed by atoms with Crippen molar-refractivity contribution >= 4 is 39.4 Å². The summed E-state index contributed by atoms with van der Waals surface area (Å²) in [5, 5.41) is 22.0. The first kappa shape index (κ1) is 18.7. The van der Waals surface area contributed by atoms with Gasteiger partial charge in [0.2, 0.25) is 0 Å². The lowest BCUT2D eigenvalue weighted by molar-refractivity contribution is -0.124. The summed E-state index contributed by atoms with van der Waals surface area (Å²) in [6.45, 7) is -0.0212. The van der Waals surface area contributed by atoms with Crippen LogP contribution in [-0.2, 0) is 10.4 Å². The fourth-order valence-electron chi connectivity index (χ4n) is 3.03. The van der Waals surface area contributed by atoms with Gasteiger partial charge in [0.15, 0.2) is 6.61 Å². The largest absolute Gasteiger partial charge is 0.484 e. The molecule has 0 bridgehead atoms. The van der Waals surface area contributed by atoms with Crippen LogP contribution in [0.2, 0.25) is 0 Å². The molecule has 0 radical (unpaired) electrons. The zero-order valence-corrected chi connectivity index (χ0v) is 16.6. The van der Waals surface area contributed by atoms with Gasteiger partial charge in [-0.2, -0.15) is 11.3 Å². The fraction of sp³-hybridized carbons (Fsp3) is 0.136. The normalized spacial score (nSPS) is 13.2. The van der Waals surface area contributed by atoms with Crippen LogP contribution in [0.4, 0.5) is 0 Å². The quantitative estimate of drug-likeness (QED) is 0.476. The molecule has 2 aromatic carbocycles. The predicted octanol–water partition coefficient (Wildman–Crippen LogP) is 4.39. The second-order valence-corrected chi connectivity index (χ2v) is 8.15. The molecule has 4 rings (SSSR count). The molecule has 2 N–H and O–H groups in total. The zero-order valence-electron chi connectivity index (χ0n) is 15.0. The van der Waals surface area contributed by atoms with Gasteiger partial charge in [-0.1, -0.05) is 36.4 Å². The van der Waals surface area contributed by atoms with E-state index < -0.39 is 5.60 Å². The highest BCUT2D eigenvalue weighted by atomic mass is 32.1. The summed E-state index contributed by atoms with van der Waals surface area (Å²) >= 11 is 2.98. The van der Waals surface area contributed by atoms with Crippen molar-refractivity contribution in [1.29, 1.82) is 0 Å². The Morgan fingerprint density at radius 3 is 2.64 bits per heavy atom. The lowest BCUT2D eigenvalue weighted by Crippen LogP contribution is -2.42. The van der Waals surface area contributed by atoms with Crippen molar-refractivity contribution in [3.63, 3.8) is 0 Å². The predicted molar refractivity (Wildman–Crippen MR) is 114 cm³/mol. The number of thiophene rings is 2. The van der Waals surface area contributed by atoms with Gasteiger partial charge in [0.05, 0.1) is 6.54 Å². The van der Waals surface area contributed by atoms with Gasteiger partial charge >= 0.3 is 0 Å². The van der Waals surface area contributed by atoms with Crippen LogP contribution in [0.5, 0.6) is 5.75 Å². The number of hydrogen-bond donors (Lipinski definition) is 2.